The van der Waals surface area contributed by atoms with Gasteiger partial charge in [0.2, 0.25) is 0 Å². The Kier molecular flexibility index (Phi) is 6.00. The molecule has 0 radical (unpaired) electrons. The van der Waals surface area contributed by atoms with E-state index in [4.69, 9.17) is 14.2 Å². The number of aryl methyl sites for hydroxylation is 1. The minimum Gasteiger partial charge on any atom is -0.493 e. The zero-order valence-corrected chi connectivity index (χ0v) is 24.9. The standard InChI is InChI=1S/C36H40N2O4/c1-37-27(13-15-28(39)14-11-23-7-5-4-6-8-23)19-26-21-36(41-3)30-20-25-12-16-29(40-2)33-31(25)35(36,34(42-33)32(26)37)17-18-38(30)22-24-9-10-24/h4-8,12-13,15-16,19,24,30,34H,9-11,14,17-18,20-22H2,1-3H3/b15-13+/t30-,34?,35-,36+/m0/s1. The quantitative estimate of drug-likeness (QED) is 0.317. The third-order valence-electron chi connectivity index (χ3n) is 11.1. The number of ether oxygens (including phenoxy) is 3. The van der Waals surface area contributed by atoms with E-state index in [1.807, 2.05) is 31.4 Å². The SMILES string of the molecule is COc1ccc2c3c1OC1c4c(cc(/C=C/C(=O)CCc5ccccc5)n4C)C[C@@]4(OC)[C@H](C2)N(CC2CC2)CC[C@]314. The molecule has 2 bridgehead atoms. The van der Waals surface area contributed by atoms with E-state index in [-0.39, 0.29) is 17.3 Å². The van der Waals surface area contributed by atoms with Gasteiger partial charge in [-0.3, -0.25) is 9.69 Å². The summed E-state index contributed by atoms with van der Waals surface area (Å²) in [5.41, 5.74) is 6.72. The monoisotopic (exact) mass is 564 g/mol. The average molecular weight is 565 g/mol. The molecule has 3 aliphatic carbocycles. The number of hydrogen-bond donors (Lipinski definition) is 0. The molecule has 4 atom stereocenters. The predicted octanol–water partition coefficient (Wildman–Crippen LogP) is 5.60. The molecule has 5 aliphatic rings. The molecular formula is C36H40N2O4. The van der Waals surface area contributed by atoms with E-state index in [9.17, 15) is 4.79 Å². The third-order valence-corrected chi connectivity index (χ3v) is 11.1. The first-order valence-electron chi connectivity index (χ1n) is 15.6. The molecule has 1 saturated carbocycles. The molecule has 8 rings (SSSR count). The summed E-state index contributed by atoms with van der Waals surface area (Å²) in [5.74, 6) is 2.67. The van der Waals surface area contributed by atoms with E-state index in [2.05, 4.69) is 46.8 Å². The largest absolute Gasteiger partial charge is 0.493 e. The smallest absolute Gasteiger partial charge is 0.166 e. The van der Waals surface area contributed by atoms with Crippen LogP contribution < -0.4 is 9.47 Å². The minimum atomic E-state index is -0.393. The van der Waals surface area contributed by atoms with E-state index in [1.54, 1.807) is 13.2 Å². The predicted molar refractivity (Wildman–Crippen MR) is 162 cm³/mol. The van der Waals surface area contributed by atoms with Crippen LogP contribution in [0.4, 0.5) is 0 Å². The number of carbonyl (C=O) groups excluding carboxylic acids is 1. The van der Waals surface area contributed by atoms with Gasteiger partial charge in [-0.15, -0.1) is 0 Å². The summed E-state index contributed by atoms with van der Waals surface area (Å²) in [6, 6.07) is 17.1. The van der Waals surface area contributed by atoms with Crippen LogP contribution in [0, 0.1) is 5.92 Å². The summed E-state index contributed by atoms with van der Waals surface area (Å²) in [7, 11) is 5.78. The van der Waals surface area contributed by atoms with Crippen LogP contribution in [0.15, 0.2) is 54.6 Å². The van der Waals surface area contributed by atoms with Gasteiger partial charge in [0.15, 0.2) is 23.4 Å². The molecule has 2 aliphatic heterocycles. The Hall–Kier alpha value is -3.35. The lowest BCUT2D eigenvalue weighted by Crippen LogP contribution is -2.75. The average Bonchev–Trinajstić information content (AvgIpc) is 3.69. The second-order valence-corrected chi connectivity index (χ2v) is 13.1. The molecule has 3 heterocycles. The first-order valence-corrected chi connectivity index (χ1v) is 15.6. The highest BCUT2D eigenvalue weighted by Crippen LogP contribution is 2.70. The molecule has 2 aromatic carbocycles. The van der Waals surface area contributed by atoms with Gasteiger partial charge in [0, 0.05) is 50.8 Å². The highest BCUT2D eigenvalue weighted by atomic mass is 16.5. The number of benzene rings is 2. The number of fused-ring (bicyclic) bond motifs is 2. The number of carbonyl (C=O) groups is 1. The van der Waals surface area contributed by atoms with Crippen molar-refractivity contribution >= 4 is 11.9 Å². The van der Waals surface area contributed by atoms with Gasteiger partial charge < -0.3 is 18.8 Å². The maximum absolute atomic E-state index is 12.9. The number of rotatable bonds is 9. The lowest BCUT2D eigenvalue weighted by Gasteiger charge is -2.64. The van der Waals surface area contributed by atoms with Crippen molar-refractivity contribution in [2.24, 2.45) is 13.0 Å². The van der Waals surface area contributed by atoms with Crippen LogP contribution in [0.3, 0.4) is 0 Å². The molecule has 0 N–H and O–H groups in total. The lowest BCUT2D eigenvalue weighted by atomic mass is 9.49. The van der Waals surface area contributed by atoms with Crippen LogP contribution in [0.25, 0.3) is 6.08 Å². The topological polar surface area (TPSA) is 52.9 Å². The van der Waals surface area contributed by atoms with Crippen LogP contribution in [-0.2, 0) is 41.3 Å². The van der Waals surface area contributed by atoms with E-state index in [0.717, 1.165) is 61.9 Å². The van der Waals surface area contributed by atoms with Gasteiger partial charge in [-0.25, -0.2) is 0 Å². The van der Waals surface area contributed by atoms with Gasteiger partial charge in [0.1, 0.15) is 5.60 Å². The van der Waals surface area contributed by atoms with E-state index < -0.39 is 5.60 Å². The van der Waals surface area contributed by atoms with Gasteiger partial charge in [-0.1, -0.05) is 36.4 Å². The summed E-state index contributed by atoms with van der Waals surface area (Å²) in [4.78, 5) is 15.6. The first kappa shape index (κ1) is 26.3. The molecule has 1 spiro atoms. The number of ketones is 1. The molecule has 2 fully saturated rings. The lowest BCUT2D eigenvalue weighted by molar-refractivity contribution is -0.191. The van der Waals surface area contributed by atoms with Crippen LogP contribution >= 0.6 is 0 Å². The Balaban J connectivity index is 1.19. The van der Waals surface area contributed by atoms with E-state index in [1.165, 1.54) is 40.8 Å². The fraction of sp³-hybridized carbons (Fsp3) is 0.472. The second-order valence-electron chi connectivity index (χ2n) is 13.1. The number of likely N-dealkylation sites (tertiary alicyclic amines) is 1. The highest BCUT2D eigenvalue weighted by molar-refractivity contribution is 5.93. The Labute approximate surface area is 248 Å². The fourth-order valence-corrected chi connectivity index (χ4v) is 8.97. The maximum Gasteiger partial charge on any atom is 0.166 e. The minimum absolute atomic E-state index is 0.143. The number of hydrogen-bond acceptors (Lipinski definition) is 5. The van der Waals surface area contributed by atoms with Crippen molar-refractivity contribution < 1.29 is 19.0 Å². The van der Waals surface area contributed by atoms with E-state index >= 15 is 0 Å². The summed E-state index contributed by atoms with van der Waals surface area (Å²) in [6.45, 7) is 2.22. The van der Waals surface area contributed by atoms with Crippen LogP contribution in [-0.4, -0.2) is 54.2 Å². The molecular weight excluding hydrogens is 524 g/mol. The number of piperidine rings is 1. The van der Waals surface area contributed by atoms with Crippen LogP contribution in [0.5, 0.6) is 11.5 Å². The second kappa shape index (κ2) is 9.58. The zero-order chi connectivity index (χ0) is 28.6. The Morgan fingerprint density at radius 2 is 1.95 bits per heavy atom. The zero-order valence-electron chi connectivity index (χ0n) is 24.9. The third kappa shape index (κ3) is 3.61. The van der Waals surface area contributed by atoms with Gasteiger partial charge in [0.05, 0.1) is 18.2 Å². The Morgan fingerprint density at radius 1 is 1.12 bits per heavy atom. The molecule has 1 aromatic heterocycles. The Morgan fingerprint density at radius 3 is 2.71 bits per heavy atom. The van der Waals surface area contributed by atoms with Crippen molar-refractivity contribution in [1.82, 2.24) is 9.47 Å². The van der Waals surface area contributed by atoms with Gasteiger partial charge in [-0.05, 0) is 85.5 Å². The van der Waals surface area contributed by atoms with Crippen molar-refractivity contribution in [2.75, 3.05) is 27.3 Å². The molecule has 1 saturated heterocycles. The van der Waals surface area contributed by atoms with Crippen molar-refractivity contribution in [2.45, 2.75) is 68.1 Å². The summed E-state index contributed by atoms with van der Waals surface area (Å²) < 4.78 is 22.0. The molecule has 42 heavy (non-hydrogen) atoms. The number of nitrogens with zero attached hydrogens (tertiary/aromatic N) is 2. The summed E-state index contributed by atoms with van der Waals surface area (Å²) in [5, 5.41) is 0. The van der Waals surface area contributed by atoms with Crippen molar-refractivity contribution in [3.8, 4) is 11.5 Å². The normalized spacial score (nSPS) is 28.8. The fourth-order valence-electron chi connectivity index (χ4n) is 8.97. The van der Waals surface area contributed by atoms with Gasteiger partial charge in [-0.2, -0.15) is 0 Å². The highest BCUT2D eigenvalue weighted by Gasteiger charge is 2.73. The van der Waals surface area contributed by atoms with Gasteiger partial charge >= 0.3 is 0 Å². The molecule has 218 valence electrons. The van der Waals surface area contributed by atoms with Crippen molar-refractivity contribution in [1.29, 1.82) is 0 Å². The maximum atomic E-state index is 12.9. The number of aromatic nitrogens is 1. The molecule has 6 nitrogen and oxygen atoms in total. The molecule has 0 amide bonds. The summed E-state index contributed by atoms with van der Waals surface area (Å²) in [6.07, 6.45) is 10.3. The molecule has 6 heteroatoms. The van der Waals surface area contributed by atoms with E-state index in [0.29, 0.717) is 12.5 Å². The van der Waals surface area contributed by atoms with Gasteiger partial charge in [0.25, 0.3) is 0 Å². The van der Waals surface area contributed by atoms with Crippen LogP contribution in [0.2, 0.25) is 0 Å². The number of allylic oxidation sites excluding steroid dienone is 1. The Bertz CT molecular complexity index is 1590. The van der Waals surface area contributed by atoms with Crippen molar-refractivity contribution in [3.63, 3.8) is 0 Å². The van der Waals surface area contributed by atoms with Crippen molar-refractivity contribution in [3.05, 3.63) is 88.2 Å². The van der Waals surface area contributed by atoms with Crippen LogP contribution in [0.1, 0.15) is 65.4 Å². The first-order chi connectivity index (χ1) is 20.5. The molecule has 1 unspecified atom stereocenters. The summed E-state index contributed by atoms with van der Waals surface area (Å²) >= 11 is 0. The molecule has 3 aromatic rings. The number of methoxy groups -OCH3 is 2.